The van der Waals surface area contributed by atoms with Gasteiger partial charge >= 0.3 is 0 Å². The van der Waals surface area contributed by atoms with Gasteiger partial charge in [-0.1, -0.05) is 0 Å². The summed E-state index contributed by atoms with van der Waals surface area (Å²) in [5.41, 5.74) is 0. The molecular formula is C6H12O6. The molecule has 0 aliphatic rings. The smallest absolute Gasteiger partial charge is 0.189 e. The second-order valence-corrected chi connectivity index (χ2v) is 2.31. The molecule has 0 spiro atoms. The molecule has 0 saturated heterocycles. The van der Waals surface area contributed by atoms with Crippen LogP contribution >= 0.6 is 0 Å². The number of aliphatic hydroxyl groups excluding tert-OH is 5. The molecule has 5 N–H and O–H groups in total. The second-order valence-electron chi connectivity index (χ2n) is 2.31. The highest BCUT2D eigenvalue weighted by molar-refractivity contribution is 5.84. The van der Waals surface area contributed by atoms with E-state index in [0.29, 0.717) is 0 Å². The Hall–Kier alpha value is -0.530. The van der Waals surface area contributed by atoms with Crippen LogP contribution in [0.15, 0.2) is 0 Å². The van der Waals surface area contributed by atoms with Gasteiger partial charge in [-0.2, -0.15) is 0 Å². The van der Waals surface area contributed by atoms with Crippen LogP contribution in [0.25, 0.3) is 0 Å². The Morgan fingerprint density at radius 3 is 2.00 bits per heavy atom. The lowest BCUT2D eigenvalue weighted by Crippen LogP contribution is -2.44. The molecule has 0 bridgehead atoms. The van der Waals surface area contributed by atoms with Crippen molar-refractivity contribution in [2.75, 3.05) is 13.2 Å². The molecule has 0 aliphatic heterocycles. The maximum atomic E-state index is 10.5. The maximum absolute atomic E-state index is 10.5. The molecule has 6 nitrogen and oxygen atoms in total. The number of rotatable bonds is 5. The van der Waals surface area contributed by atoms with Gasteiger partial charge in [0.15, 0.2) is 5.78 Å². The third-order valence-electron chi connectivity index (χ3n) is 1.39. The minimum absolute atomic E-state index is 0.767. The maximum Gasteiger partial charge on any atom is 0.189 e. The SMILES string of the molecule is O=C(CO)C(O)[C@@H](O)[C@H](O)CO. The van der Waals surface area contributed by atoms with Crippen LogP contribution in [0.2, 0.25) is 0 Å². The number of hydrogen-bond donors (Lipinski definition) is 5. The van der Waals surface area contributed by atoms with Crippen LogP contribution in [-0.2, 0) is 4.79 Å². The summed E-state index contributed by atoms with van der Waals surface area (Å²) in [7, 11) is 0. The predicted molar refractivity (Wildman–Crippen MR) is 37.2 cm³/mol. The zero-order valence-electron chi connectivity index (χ0n) is 6.29. The van der Waals surface area contributed by atoms with Crippen molar-refractivity contribution < 1.29 is 30.3 Å². The summed E-state index contributed by atoms with van der Waals surface area (Å²) >= 11 is 0. The zero-order chi connectivity index (χ0) is 9.72. The molecular weight excluding hydrogens is 168 g/mol. The van der Waals surface area contributed by atoms with E-state index >= 15 is 0 Å². The Balaban J connectivity index is 4.08. The second kappa shape index (κ2) is 5.18. The lowest BCUT2D eigenvalue weighted by Gasteiger charge is -2.19. The Bertz CT molecular complexity index is 147. The Morgan fingerprint density at radius 2 is 1.67 bits per heavy atom. The van der Waals surface area contributed by atoms with Crippen LogP contribution in [0.5, 0.6) is 0 Å². The predicted octanol–water partition coefficient (Wildman–Crippen LogP) is -3.38. The fourth-order valence-electron chi connectivity index (χ4n) is 0.602. The van der Waals surface area contributed by atoms with Crippen LogP contribution in [0, 0.1) is 0 Å². The molecule has 0 aliphatic carbocycles. The number of carbonyl (C=O) groups is 1. The molecule has 0 heterocycles. The molecule has 6 heteroatoms. The molecule has 0 aromatic carbocycles. The molecule has 0 aromatic heterocycles. The first-order chi connectivity index (χ1) is 5.54. The molecule has 1 unspecified atom stereocenters. The fraction of sp³-hybridized carbons (Fsp3) is 0.833. The number of carbonyl (C=O) groups excluding carboxylic acids is 1. The van der Waals surface area contributed by atoms with Crippen molar-refractivity contribution in [1.82, 2.24) is 0 Å². The van der Waals surface area contributed by atoms with Gasteiger partial charge in [-0.05, 0) is 0 Å². The number of ketones is 1. The fourth-order valence-corrected chi connectivity index (χ4v) is 0.602. The molecule has 0 radical (unpaired) electrons. The van der Waals surface area contributed by atoms with E-state index < -0.39 is 37.3 Å². The van der Waals surface area contributed by atoms with E-state index in [9.17, 15) is 4.79 Å². The third kappa shape index (κ3) is 2.84. The summed E-state index contributed by atoms with van der Waals surface area (Å²) in [6.07, 6.45) is -5.22. The van der Waals surface area contributed by atoms with Crippen molar-refractivity contribution >= 4 is 5.78 Å². The van der Waals surface area contributed by atoms with E-state index in [1.165, 1.54) is 0 Å². The molecule has 0 saturated carbocycles. The van der Waals surface area contributed by atoms with Crippen molar-refractivity contribution in [3.63, 3.8) is 0 Å². The van der Waals surface area contributed by atoms with Crippen molar-refractivity contribution in [2.45, 2.75) is 18.3 Å². The van der Waals surface area contributed by atoms with Crippen LogP contribution in [0.3, 0.4) is 0 Å². The molecule has 0 aromatic rings. The first-order valence-corrected chi connectivity index (χ1v) is 3.33. The Labute approximate surface area is 68.7 Å². The summed E-state index contributed by atoms with van der Waals surface area (Å²) in [4.78, 5) is 10.5. The zero-order valence-corrected chi connectivity index (χ0v) is 6.29. The van der Waals surface area contributed by atoms with E-state index in [1.54, 1.807) is 0 Å². The van der Waals surface area contributed by atoms with Gasteiger partial charge in [-0.15, -0.1) is 0 Å². The molecule has 0 rings (SSSR count). The molecule has 12 heavy (non-hydrogen) atoms. The molecule has 0 fully saturated rings. The van der Waals surface area contributed by atoms with E-state index in [4.69, 9.17) is 25.5 Å². The first kappa shape index (κ1) is 11.5. The minimum atomic E-state index is -1.86. The van der Waals surface area contributed by atoms with Gasteiger partial charge in [-0.3, -0.25) is 4.79 Å². The quantitative estimate of drug-likeness (QED) is 0.301. The lowest BCUT2D eigenvalue weighted by molar-refractivity contribution is -0.142. The molecule has 0 amide bonds. The van der Waals surface area contributed by atoms with Crippen molar-refractivity contribution in [3.05, 3.63) is 0 Å². The Kier molecular flexibility index (Phi) is 4.95. The number of hydrogen-bond acceptors (Lipinski definition) is 6. The highest BCUT2D eigenvalue weighted by Gasteiger charge is 2.28. The summed E-state index contributed by atoms with van der Waals surface area (Å²) in [6.45, 7) is -1.69. The highest BCUT2D eigenvalue weighted by atomic mass is 16.4. The largest absolute Gasteiger partial charge is 0.394 e. The lowest BCUT2D eigenvalue weighted by atomic mass is 10.1. The van der Waals surface area contributed by atoms with Crippen molar-refractivity contribution in [1.29, 1.82) is 0 Å². The van der Waals surface area contributed by atoms with Crippen molar-refractivity contribution in [3.8, 4) is 0 Å². The van der Waals surface area contributed by atoms with E-state index in [1.807, 2.05) is 0 Å². The minimum Gasteiger partial charge on any atom is -0.394 e. The highest BCUT2D eigenvalue weighted by Crippen LogP contribution is 2.00. The summed E-state index contributed by atoms with van der Waals surface area (Å²) in [5.74, 6) is -1.00. The van der Waals surface area contributed by atoms with E-state index in [2.05, 4.69) is 0 Å². The monoisotopic (exact) mass is 180 g/mol. The van der Waals surface area contributed by atoms with E-state index in [0.717, 1.165) is 0 Å². The number of aliphatic hydroxyl groups is 5. The van der Waals surface area contributed by atoms with E-state index in [-0.39, 0.29) is 0 Å². The topological polar surface area (TPSA) is 118 Å². The third-order valence-corrected chi connectivity index (χ3v) is 1.39. The normalized spacial score (nSPS) is 18.4. The number of Topliss-reactive ketones (excluding diaryl/α,β-unsaturated/α-hetero) is 1. The average molecular weight is 180 g/mol. The molecule has 72 valence electrons. The van der Waals surface area contributed by atoms with Gasteiger partial charge in [-0.25, -0.2) is 0 Å². The van der Waals surface area contributed by atoms with Gasteiger partial charge in [0.05, 0.1) is 6.61 Å². The summed E-state index contributed by atoms with van der Waals surface area (Å²) < 4.78 is 0. The van der Waals surface area contributed by atoms with Crippen molar-refractivity contribution in [2.24, 2.45) is 0 Å². The summed E-state index contributed by atoms with van der Waals surface area (Å²) in [5, 5.41) is 43.1. The first-order valence-electron chi connectivity index (χ1n) is 3.33. The van der Waals surface area contributed by atoms with Crippen LogP contribution in [-0.4, -0.2) is 62.8 Å². The van der Waals surface area contributed by atoms with Gasteiger partial charge in [0.2, 0.25) is 0 Å². The van der Waals surface area contributed by atoms with Crippen LogP contribution in [0.4, 0.5) is 0 Å². The standard InChI is InChI=1S/C6H12O6/c7-1-3(9)5(11)6(12)4(10)2-8/h3,5-9,11-12H,1-2H2/t3-,5+,6?/m1/s1. The molecule has 3 atom stereocenters. The Morgan fingerprint density at radius 1 is 1.17 bits per heavy atom. The van der Waals surface area contributed by atoms with Gasteiger partial charge < -0.3 is 25.5 Å². The summed E-state index contributed by atoms with van der Waals surface area (Å²) in [6, 6.07) is 0. The van der Waals surface area contributed by atoms with Gasteiger partial charge in [0.1, 0.15) is 24.9 Å². The van der Waals surface area contributed by atoms with Gasteiger partial charge in [0.25, 0.3) is 0 Å². The average Bonchev–Trinajstić information content (AvgIpc) is 2.12. The van der Waals surface area contributed by atoms with Crippen LogP contribution < -0.4 is 0 Å². The van der Waals surface area contributed by atoms with Gasteiger partial charge in [0, 0.05) is 0 Å². The van der Waals surface area contributed by atoms with Crippen LogP contribution in [0.1, 0.15) is 0 Å².